The molecule has 15 heavy (non-hydrogen) atoms. The summed E-state index contributed by atoms with van der Waals surface area (Å²) in [4.78, 5) is 0. The monoisotopic (exact) mass is 227 g/mol. The molecule has 0 spiro atoms. The molecule has 2 heteroatoms. The molecule has 0 amide bonds. The van der Waals surface area contributed by atoms with E-state index in [1.54, 1.807) is 0 Å². The van der Waals surface area contributed by atoms with Crippen molar-refractivity contribution >= 4 is 22.3 Å². The summed E-state index contributed by atoms with van der Waals surface area (Å²) in [6.07, 6.45) is 0. The lowest BCUT2D eigenvalue weighted by Gasteiger charge is -2.39. The lowest BCUT2D eigenvalue weighted by Crippen LogP contribution is -2.39. The van der Waals surface area contributed by atoms with Crippen molar-refractivity contribution in [2.75, 3.05) is 0 Å². The van der Waals surface area contributed by atoms with Crippen molar-refractivity contribution in [2.24, 2.45) is 21.1 Å². The summed E-state index contributed by atoms with van der Waals surface area (Å²) in [5.74, 6) is 4.82. The van der Waals surface area contributed by atoms with Gasteiger partial charge in [-0.05, 0) is 17.8 Å². The van der Waals surface area contributed by atoms with Crippen LogP contribution >= 0.6 is 10.7 Å². The smallest absolute Gasteiger partial charge is 0.0326 e. The lowest BCUT2D eigenvalue weighted by molar-refractivity contribution is 0.236. The zero-order valence-corrected chi connectivity index (χ0v) is 12.0. The first-order chi connectivity index (χ1) is 6.55. The highest BCUT2D eigenvalue weighted by molar-refractivity contribution is 8.14. The molecule has 1 aliphatic rings. The van der Waals surface area contributed by atoms with Gasteiger partial charge in [-0.25, -0.2) is 4.40 Å². The van der Waals surface area contributed by atoms with Gasteiger partial charge in [-0.1, -0.05) is 58.1 Å². The van der Waals surface area contributed by atoms with Crippen molar-refractivity contribution < 1.29 is 0 Å². The molecule has 0 aliphatic carbocycles. The Labute approximate surface area is 97.4 Å². The molecule has 88 valence electrons. The summed E-state index contributed by atoms with van der Waals surface area (Å²) in [6, 6.07) is 0. The Hall–Kier alpha value is -0.110. The Balaban J connectivity index is 3.13. The van der Waals surface area contributed by atoms with Gasteiger partial charge >= 0.3 is 0 Å². The molecule has 0 fully saturated rings. The van der Waals surface area contributed by atoms with Gasteiger partial charge in [0.25, 0.3) is 0 Å². The molecule has 0 N–H and O–H groups in total. The third-order valence-electron chi connectivity index (χ3n) is 3.09. The van der Waals surface area contributed by atoms with Crippen LogP contribution in [0, 0.1) is 16.7 Å². The van der Waals surface area contributed by atoms with Gasteiger partial charge in [-0.15, -0.1) is 0 Å². The fourth-order valence-electron chi connectivity index (χ4n) is 2.66. The Morgan fingerprint density at radius 1 is 1.07 bits per heavy atom. The van der Waals surface area contributed by atoms with E-state index < -0.39 is 0 Å². The number of hydrogen-bond acceptors (Lipinski definition) is 1. The summed E-state index contributed by atoms with van der Waals surface area (Å²) in [7, 11) is -0.0488. The van der Waals surface area contributed by atoms with Crippen LogP contribution in [0.2, 0.25) is 0 Å². The SMILES string of the molecule is C=S1N=C(C)C(C(C)(C)C)C1C(C)(C)C. The van der Waals surface area contributed by atoms with Crippen LogP contribution in [0.1, 0.15) is 48.5 Å². The summed E-state index contributed by atoms with van der Waals surface area (Å²) in [6.45, 7) is 16.1. The van der Waals surface area contributed by atoms with Crippen molar-refractivity contribution in [3.8, 4) is 0 Å². The Bertz CT molecular complexity index is 301. The topological polar surface area (TPSA) is 12.4 Å². The van der Waals surface area contributed by atoms with Crippen LogP contribution in [0.3, 0.4) is 0 Å². The molecule has 1 nitrogen and oxygen atoms in total. The van der Waals surface area contributed by atoms with E-state index in [1.165, 1.54) is 5.71 Å². The summed E-state index contributed by atoms with van der Waals surface area (Å²) in [5.41, 5.74) is 1.90. The predicted octanol–water partition coefficient (Wildman–Crippen LogP) is 4.15. The first-order valence-corrected chi connectivity index (χ1v) is 7.04. The largest absolute Gasteiger partial charge is 0.233 e. The number of nitrogens with zero attached hydrogens (tertiary/aromatic N) is 1. The Morgan fingerprint density at radius 3 is 1.80 bits per heavy atom. The Kier molecular flexibility index (Phi) is 3.22. The van der Waals surface area contributed by atoms with Gasteiger partial charge in [-0.3, -0.25) is 0 Å². The highest BCUT2D eigenvalue weighted by Crippen LogP contribution is 2.51. The molecule has 0 aromatic heterocycles. The average Bonchev–Trinajstić information content (AvgIpc) is 2.22. The minimum atomic E-state index is -0.0488. The van der Waals surface area contributed by atoms with Crippen LogP contribution in [-0.2, 0) is 0 Å². The molecule has 3 unspecified atom stereocenters. The third kappa shape index (κ3) is 2.52. The van der Waals surface area contributed by atoms with E-state index in [0.29, 0.717) is 22.0 Å². The molecule has 1 aliphatic heterocycles. The molecular formula is C13H25NS. The summed E-state index contributed by atoms with van der Waals surface area (Å²) < 4.78 is 4.72. The van der Waals surface area contributed by atoms with Crippen LogP contribution in [0.4, 0.5) is 0 Å². The average molecular weight is 227 g/mol. The van der Waals surface area contributed by atoms with Gasteiger partial charge in [0, 0.05) is 16.9 Å². The highest BCUT2D eigenvalue weighted by atomic mass is 32.2. The molecule has 0 radical (unpaired) electrons. The van der Waals surface area contributed by atoms with E-state index in [4.69, 9.17) is 4.40 Å². The van der Waals surface area contributed by atoms with E-state index in [-0.39, 0.29) is 10.7 Å². The second-order valence-electron chi connectivity index (χ2n) is 6.76. The van der Waals surface area contributed by atoms with Gasteiger partial charge < -0.3 is 0 Å². The van der Waals surface area contributed by atoms with Crippen molar-refractivity contribution in [1.29, 1.82) is 0 Å². The van der Waals surface area contributed by atoms with E-state index >= 15 is 0 Å². The molecule has 0 aromatic carbocycles. The minimum Gasteiger partial charge on any atom is -0.233 e. The molecule has 0 bridgehead atoms. The van der Waals surface area contributed by atoms with Crippen molar-refractivity contribution in [1.82, 2.24) is 0 Å². The zero-order valence-electron chi connectivity index (χ0n) is 11.2. The molecule has 0 saturated carbocycles. The van der Waals surface area contributed by atoms with Gasteiger partial charge in [0.05, 0.1) is 0 Å². The zero-order chi connectivity index (χ0) is 12.0. The molecule has 1 rings (SSSR count). The third-order valence-corrected chi connectivity index (χ3v) is 5.18. The van der Waals surface area contributed by atoms with E-state index in [0.717, 1.165) is 0 Å². The minimum absolute atomic E-state index is 0.0488. The van der Waals surface area contributed by atoms with E-state index in [1.807, 2.05) is 0 Å². The molecule has 3 atom stereocenters. The van der Waals surface area contributed by atoms with Gasteiger partial charge in [0.1, 0.15) is 0 Å². The maximum absolute atomic E-state index is 4.72. The quantitative estimate of drug-likeness (QED) is 0.551. The van der Waals surface area contributed by atoms with Crippen LogP contribution in [0.25, 0.3) is 0 Å². The van der Waals surface area contributed by atoms with Gasteiger partial charge in [-0.2, -0.15) is 0 Å². The lowest BCUT2D eigenvalue weighted by atomic mass is 9.70. The first kappa shape index (κ1) is 13.0. The first-order valence-electron chi connectivity index (χ1n) is 5.63. The van der Waals surface area contributed by atoms with Crippen molar-refractivity contribution in [3.05, 3.63) is 0 Å². The molecule has 0 saturated heterocycles. The summed E-state index contributed by atoms with van der Waals surface area (Å²) in [5, 5.41) is 0.595. The van der Waals surface area contributed by atoms with E-state index in [9.17, 15) is 0 Å². The molecular weight excluding hydrogens is 202 g/mol. The highest BCUT2D eigenvalue weighted by Gasteiger charge is 2.45. The standard InChI is InChI=1S/C13H25NS/c1-9-10(12(2,3)4)11(13(5,6)7)15(8)14-9/h10-11H,8H2,1-7H3. The fourth-order valence-corrected chi connectivity index (χ4v) is 5.00. The predicted molar refractivity (Wildman–Crippen MR) is 74.0 cm³/mol. The second kappa shape index (κ2) is 3.73. The van der Waals surface area contributed by atoms with Crippen LogP contribution in [-0.4, -0.2) is 16.8 Å². The van der Waals surface area contributed by atoms with Crippen molar-refractivity contribution in [3.63, 3.8) is 0 Å². The van der Waals surface area contributed by atoms with Crippen LogP contribution < -0.4 is 0 Å². The molecule has 0 aromatic rings. The summed E-state index contributed by atoms with van der Waals surface area (Å²) >= 11 is 0. The number of rotatable bonds is 0. The maximum atomic E-state index is 4.72. The second-order valence-corrected chi connectivity index (χ2v) is 8.26. The van der Waals surface area contributed by atoms with E-state index in [2.05, 4.69) is 54.3 Å². The maximum Gasteiger partial charge on any atom is 0.0326 e. The van der Waals surface area contributed by atoms with Gasteiger partial charge in [0.2, 0.25) is 0 Å². The number of hydrogen-bond donors (Lipinski definition) is 0. The van der Waals surface area contributed by atoms with Crippen LogP contribution in [0.5, 0.6) is 0 Å². The van der Waals surface area contributed by atoms with Crippen LogP contribution in [0.15, 0.2) is 4.40 Å². The van der Waals surface area contributed by atoms with Gasteiger partial charge in [0.15, 0.2) is 0 Å². The Morgan fingerprint density at radius 2 is 1.53 bits per heavy atom. The normalized spacial score (nSPS) is 33.0. The molecule has 1 heterocycles. The van der Waals surface area contributed by atoms with Crippen molar-refractivity contribution in [2.45, 2.75) is 53.7 Å². The fraction of sp³-hybridized carbons (Fsp3) is 0.846.